The van der Waals surface area contributed by atoms with Crippen LogP contribution in [-0.2, 0) is 4.65 Å². The third-order valence-corrected chi connectivity index (χ3v) is 5.32. The van der Waals surface area contributed by atoms with Gasteiger partial charge in [0.1, 0.15) is 11.1 Å². The lowest BCUT2D eigenvalue weighted by atomic mass is 9.81. The Morgan fingerprint density at radius 2 is 1.77 bits per heavy atom. The summed E-state index contributed by atoms with van der Waals surface area (Å²) in [5, 5.41) is 12.4. The first-order valence-electron chi connectivity index (χ1n) is 8.82. The van der Waals surface area contributed by atoms with Crippen LogP contribution in [0.3, 0.4) is 0 Å². The van der Waals surface area contributed by atoms with Crippen LogP contribution >= 0.6 is 0 Å². The van der Waals surface area contributed by atoms with E-state index in [-0.39, 0.29) is 0 Å². The molecule has 4 rings (SSSR count). The van der Waals surface area contributed by atoms with Crippen molar-refractivity contribution >= 4 is 45.9 Å². The van der Waals surface area contributed by atoms with Gasteiger partial charge in [-0.25, -0.2) is 4.98 Å². The molecule has 132 valence electrons. The monoisotopic (exact) mass is 347 g/mol. The largest absolute Gasteiger partial charge is 0.454 e. The van der Waals surface area contributed by atoms with E-state index in [1.165, 1.54) is 0 Å². The van der Waals surface area contributed by atoms with Crippen molar-refractivity contribution in [3.05, 3.63) is 48.5 Å². The van der Waals surface area contributed by atoms with E-state index in [1.54, 1.807) is 13.8 Å². The van der Waals surface area contributed by atoms with E-state index in [9.17, 15) is 5.11 Å². The van der Waals surface area contributed by atoms with Crippen LogP contribution in [0.1, 0.15) is 27.7 Å². The predicted molar refractivity (Wildman–Crippen MR) is 107 cm³/mol. The number of aromatic nitrogens is 1. The van der Waals surface area contributed by atoms with E-state index in [1.807, 2.05) is 62.4 Å². The van der Waals surface area contributed by atoms with E-state index < -0.39 is 11.2 Å². The highest BCUT2D eigenvalue weighted by atomic mass is 16.5. The van der Waals surface area contributed by atoms with Gasteiger partial charge in [0.25, 0.3) is 0 Å². The number of fused-ring (bicyclic) bond motifs is 4. The topological polar surface area (TPSA) is 55.5 Å². The van der Waals surface area contributed by atoms with Crippen LogP contribution in [0.25, 0.3) is 33.0 Å². The standard InChI is InChI=1S/C21H22BNO3/c1-20(2,24)21(3,4)26-22-14-9-7-11-16-18(14)19-17(25-16)12-13-8-5-6-10-15(13)23-19/h5-12,22,24H,1-4H3. The van der Waals surface area contributed by atoms with Crippen molar-refractivity contribution in [1.82, 2.24) is 4.98 Å². The van der Waals surface area contributed by atoms with Crippen molar-refractivity contribution in [1.29, 1.82) is 0 Å². The summed E-state index contributed by atoms with van der Waals surface area (Å²) in [5.74, 6) is 0. The van der Waals surface area contributed by atoms with Gasteiger partial charge in [0, 0.05) is 10.8 Å². The van der Waals surface area contributed by atoms with E-state index in [2.05, 4.69) is 0 Å². The minimum Gasteiger partial charge on any atom is -0.454 e. The molecule has 0 aliphatic heterocycles. The summed E-state index contributed by atoms with van der Waals surface area (Å²) in [5.41, 5.74) is 2.72. The third-order valence-electron chi connectivity index (χ3n) is 5.32. The zero-order chi connectivity index (χ0) is 18.5. The first-order chi connectivity index (χ1) is 12.3. The molecule has 0 aliphatic carbocycles. The van der Waals surface area contributed by atoms with Crippen LogP contribution in [0.4, 0.5) is 0 Å². The average Bonchev–Trinajstić information content (AvgIpc) is 2.95. The fourth-order valence-corrected chi connectivity index (χ4v) is 2.96. The number of aliphatic hydroxyl groups is 1. The zero-order valence-electron chi connectivity index (χ0n) is 15.5. The second-order valence-corrected chi connectivity index (χ2v) is 7.78. The molecule has 0 spiro atoms. The molecule has 2 aromatic heterocycles. The molecule has 2 aromatic carbocycles. The predicted octanol–water partition coefficient (Wildman–Crippen LogP) is 3.68. The maximum atomic E-state index is 10.3. The average molecular weight is 347 g/mol. The van der Waals surface area contributed by atoms with Crippen LogP contribution in [-0.4, -0.2) is 28.8 Å². The van der Waals surface area contributed by atoms with E-state index >= 15 is 0 Å². The quantitative estimate of drug-likeness (QED) is 0.572. The van der Waals surface area contributed by atoms with Gasteiger partial charge < -0.3 is 14.2 Å². The summed E-state index contributed by atoms with van der Waals surface area (Å²) < 4.78 is 12.1. The summed E-state index contributed by atoms with van der Waals surface area (Å²) in [6.07, 6.45) is 0. The van der Waals surface area contributed by atoms with Crippen LogP contribution in [0.5, 0.6) is 0 Å². The number of furan rings is 1. The molecule has 26 heavy (non-hydrogen) atoms. The van der Waals surface area contributed by atoms with Crippen LogP contribution in [0.15, 0.2) is 52.9 Å². The fraction of sp³-hybridized carbons (Fsp3) is 0.286. The molecule has 0 aliphatic rings. The highest BCUT2D eigenvalue weighted by molar-refractivity contribution is 6.52. The van der Waals surface area contributed by atoms with Crippen LogP contribution in [0.2, 0.25) is 0 Å². The normalized spacial score (nSPS) is 13.0. The van der Waals surface area contributed by atoms with Crippen molar-refractivity contribution in [3.8, 4) is 0 Å². The van der Waals surface area contributed by atoms with Gasteiger partial charge in [-0.15, -0.1) is 0 Å². The van der Waals surface area contributed by atoms with E-state index in [0.717, 1.165) is 38.4 Å². The molecule has 0 radical (unpaired) electrons. The van der Waals surface area contributed by atoms with Gasteiger partial charge >= 0.3 is 7.48 Å². The fourth-order valence-electron chi connectivity index (χ4n) is 2.96. The number of hydrogen-bond acceptors (Lipinski definition) is 4. The maximum absolute atomic E-state index is 10.3. The molecule has 0 unspecified atom stereocenters. The van der Waals surface area contributed by atoms with Crippen LogP contribution in [0, 0.1) is 0 Å². The Bertz CT molecular complexity index is 1110. The number of pyridine rings is 1. The Kier molecular flexibility index (Phi) is 3.83. The van der Waals surface area contributed by atoms with Gasteiger partial charge in [-0.3, -0.25) is 0 Å². The summed E-state index contributed by atoms with van der Waals surface area (Å²) in [7, 11) is 0.372. The van der Waals surface area contributed by atoms with Crippen molar-refractivity contribution in [2.75, 3.05) is 0 Å². The number of para-hydroxylation sites is 1. The molecule has 2 heterocycles. The molecular weight excluding hydrogens is 325 g/mol. The molecule has 0 bridgehead atoms. The lowest BCUT2D eigenvalue weighted by Gasteiger charge is -2.37. The second kappa shape index (κ2) is 5.83. The Balaban J connectivity index is 1.84. The van der Waals surface area contributed by atoms with Gasteiger partial charge in [0.05, 0.1) is 16.7 Å². The SMILES string of the molecule is CC(C)(O)C(C)(C)OBc1cccc2oc3cc4ccccc4nc3c12. The molecule has 0 atom stereocenters. The molecule has 5 heteroatoms. The van der Waals surface area contributed by atoms with Gasteiger partial charge in [-0.05, 0) is 51.4 Å². The first-order valence-corrected chi connectivity index (χ1v) is 8.82. The van der Waals surface area contributed by atoms with Crippen molar-refractivity contribution < 1.29 is 14.2 Å². The second-order valence-electron chi connectivity index (χ2n) is 7.78. The number of rotatable bonds is 4. The van der Waals surface area contributed by atoms with Gasteiger partial charge in [-0.2, -0.15) is 0 Å². The highest BCUT2D eigenvalue weighted by Crippen LogP contribution is 2.29. The molecule has 0 saturated heterocycles. The first kappa shape index (κ1) is 17.1. The smallest absolute Gasteiger partial charge is 0.310 e. The van der Waals surface area contributed by atoms with Crippen molar-refractivity contribution in [3.63, 3.8) is 0 Å². The lowest BCUT2D eigenvalue weighted by Crippen LogP contribution is -2.49. The Morgan fingerprint density at radius 1 is 1.00 bits per heavy atom. The van der Waals surface area contributed by atoms with Crippen LogP contribution < -0.4 is 5.46 Å². The summed E-state index contributed by atoms with van der Waals surface area (Å²) in [4.78, 5) is 4.82. The summed E-state index contributed by atoms with van der Waals surface area (Å²) in [6, 6.07) is 16.0. The Labute approximate surface area is 153 Å². The Morgan fingerprint density at radius 3 is 2.54 bits per heavy atom. The maximum Gasteiger partial charge on any atom is 0.310 e. The summed E-state index contributed by atoms with van der Waals surface area (Å²) >= 11 is 0. The van der Waals surface area contributed by atoms with Gasteiger partial charge in [0.2, 0.25) is 0 Å². The van der Waals surface area contributed by atoms with Gasteiger partial charge in [-0.1, -0.05) is 30.3 Å². The lowest BCUT2D eigenvalue weighted by molar-refractivity contribution is -0.0893. The molecule has 0 fully saturated rings. The molecule has 4 nitrogen and oxygen atoms in total. The number of benzene rings is 2. The Hall–Kier alpha value is -2.37. The number of hydrogen-bond donors (Lipinski definition) is 1. The van der Waals surface area contributed by atoms with Gasteiger partial charge in [0.15, 0.2) is 5.58 Å². The molecule has 0 saturated carbocycles. The van der Waals surface area contributed by atoms with E-state index in [0.29, 0.717) is 7.48 Å². The van der Waals surface area contributed by atoms with Crippen molar-refractivity contribution in [2.45, 2.75) is 38.9 Å². The minimum atomic E-state index is -0.951. The van der Waals surface area contributed by atoms with Crippen molar-refractivity contribution in [2.24, 2.45) is 0 Å². The molecule has 0 amide bonds. The molecule has 1 N–H and O–H groups in total. The number of nitrogens with zero attached hydrogens (tertiary/aromatic N) is 1. The third kappa shape index (κ3) is 2.77. The summed E-state index contributed by atoms with van der Waals surface area (Å²) in [6.45, 7) is 7.31. The molecular formula is C21H22BNO3. The zero-order valence-corrected chi connectivity index (χ0v) is 15.5. The highest BCUT2D eigenvalue weighted by Gasteiger charge is 2.35. The molecule has 4 aromatic rings. The minimum absolute atomic E-state index is 0.372. The van der Waals surface area contributed by atoms with E-state index in [4.69, 9.17) is 14.1 Å².